The topological polar surface area (TPSA) is 65.9 Å². The number of aromatic nitrogens is 2. The molecule has 0 aliphatic carbocycles. The monoisotopic (exact) mass is 434 g/mol. The van der Waals surface area contributed by atoms with Crippen molar-refractivity contribution in [3.63, 3.8) is 0 Å². The minimum atomic E-state index is -0.194. The van der Waals surface area contributed by atoms with E-state index in [1.54, 1.807) is 10.9 Å². The summed E-state index contributed by atoms with van der Waals surface area (Å²) in [6.45, 7) is 7.27. The van der Waals surface area contributed by atoms with Gasteiger partial charge in [-0.25, -0.2) is 9.78 Å². The number of nitrogens with zero attached hydrogens (tertiary/aromatic N) is 5. The fraction of sp³-hybridized carbons (Fsp3) is 0.417. The van der Waals surface area contributed by atoms with Crippen LogP contribution in [0.1, 0.15) is 0 Å². The largest absolute Gasteiger partial charge is 0.492 e. The first-order valence-corrected chi connectivity index (χ1v) is 11.3. The number of hydrogen-bond acceptors (Lipinski definition) is 6. The van der Waals surface area contributed by atoms with E-state index in [2.05, 4.69) is 38.1 Å². The van der Waals surface area contributed by atoms with Gasteiger partial charge in [-0.2, -0.15) is 0 Å². The number of imidazole rings is 1. The van der Waals surface area contributed by atoms with Gasteiger partial charge in [0.15, 0.2) is 0 Å². The minimum Gasteiger partial charge on any atom is -0.492 e. The average molecular weight is 435 g/mol. The Hall–Kier alpha value is -3.10. The third kappa shape index (κ3) is 4.28. The molecule has 0 radical (unpaired) electrons. The summed E-state index contributed by atoms with van der Waals surface area (Å²) in [6, 6.07) is 16.2. The molecule has 2 aliphatic heterocycles. The number of likely N-dealkylation sites (tertiary alicyclic amines) is 1. The van der Waals surface area contributed by atoms with E-state index in [-0.39, 0.29) is 6.03 Å². The molecule has 3 aromatic rings. The Morgan fingerprint density at radius 3 is 2.59 bits per heavy atom. The number of benzene rings is 2. The van der Waals surface area contributed by atoms with Crippen molar-refractivity contribution in [3.05, 3.63) is 54.9 Å². The highest BCUT2D eigenvalue weighted by Crippen LogP contribution is 2.27. The summed E-state index contributed by atoms with van der Waals surface area (Å²) in [7, 11) is 2.18. The van der Waals surface area contributed by atoms with Gasteiger partial charge in [-0.05, 0) is 31.3 Å². The van der Waals surface area contributed by atoms with E-state index in [1.807, 2.05) is 42.5 Å². The molecule has 0 bridgehead atoms. The van der Waals surface area contributed by atoms with Gasteiger partial charge < -0.3 is 19.9 Å². The lowest BCUT2D eigenvalue weighted by molar-refractivity contribution is 0.0488. The van der Waals surface area contributed by atoms with Crippen LogP contribution in [0.4, 0.5) is 10.5 Å². The molecule has 3 heterocycles. The highest BCUT2D eigenvalue weighted by molar-refractivity contribution is 5.95. The minimum absolute atomic E-state index is 0.194. The van der Waals surface area contributed by atoms with E-state index in [1.165, 1.54) is 13.1 Å². The number of hydrogen-bond donors (Lipinski definition) is 1. The maximum atomic E-state index is 12.7. The van der Waals surface area contributed by atoms with Gasteiger partial charge in [0.05, 0.1) is 17.7 Å². The predicted octanol–water partition coefficient (Wildman–Crippen LogP) is 2.11. The zero-order valence-corrected chi connectivity index (χ0v) is 18.5. The van der Waals surface area contributed by atoms with Gasteiger partial charge in [0.2, 0.25) is 0 Å². The Morgan fingerprint density at radius 1 is 1.06 bits per heavy atom. The van der Waals surface area contributed by atoms with Crippen molar-refractivity contribution < 1.29 is 9.53 Å². The van der Waals surface area contributed by atoms with Crippen LogP contribution in [0.5, 0.6) is 5.75 Å². The zero-order valence-electron chi connectivity index (χ0n) is 18.5. The molecule has 168 valence electrons. The second-order valence-electron chi connectivity index (χ2n) is 8.55. The molecule has 2 aromatic carbocycles. The zero-order chi connectivity index (χ0) is 21.9. The molecule has 2 saturated heterocycles. The number of rotatable bonds is 6. The average Bonchev–Trinajstić information content (AvgIpc) is 3.25. The number of fused-ring (bicyclic) bond motifs is 1. The van der Waals surface area contributed by atoms with E-state index in [9.17, 15) is 4.79 Å². The van der Waals surface area contributed by atoms with Crippen molar-refractivity contribution in [3.8, 4) is 5.75 Å². The van der Waals surface area contributed by atoms with Crippen molar-refractivity contribution in [2.24, 2.45) is 0 Å². The summed E-state index contributed by atoms with van der Waals surface area (Å²) < 4.78 is 7.24. The molecule has 0 saturated carbocycles. The van der Waals surface area contributed by atoms with Crippen LogP contribution in [-0.2, 0) is 0 Å². The number of amides is 1. The number of carbonyl (C=O) groups excluding carboxylic acids is 1. The van der Waals surface area contributed by atoms with Gasteiger partial charge in [-0.15, -0.1) is 0 Å². The highest BCUT2D eigenvalue weighted by atomic mass is 16.5. The molecule has 0 spiro atoms. The smallest absolute Gasteiger partial charge is 0.327 e. The van der Waals surface area contributed by atoms with Crippen LogP contribution in [0, 0.1) is 0 Å². The van der Waals surface area contributed by atoms with Crippen LogP contribution >= 0.6 is 0 Å². The van der Waals surface area contributed by atoms with E-state index >= 15 is 0 Å². The number of piperazine rings is 1. The third-order valence-corrected chi connectivity index (χ3v) is 6.38. The Balaban J connectivity index is 1.20. The first kappa shape index (κ1) is 20.8. The number of likely N-dealkylation sites (N-methyl/N-ethyl adjacent to an activating group) is 1. The maximum absolute atomic E-state index is 12.7. The number of para-hydroxylation sites is 2. The van der Waals surface area contributed by atoms with Crippen LogP contribution in [-0.4, -0.2) is 90.9 Å². The van der Waals surface area contributed by atoms with Crippen LogP contribution in [0.15, 0.2) is 54.9 Å². The summed E-state index contributed by atoms with van der Waals surface area (Å²) in [5, 5.41) is 2.92. The molecular formula is C24H30N6O2. The fourth-order valence-corrected chi connectivity index (χ4v) is 4.59. The molecule has 8 heteroatoms. The number of ether oxygens (including phenoxy) is 1. The SMILES string of the molecule is CN1CC(N2CCN(c3cccc4c3ncn4C(=O)NCCOc3ccccc3)CC2)C1. The Morgan fingerprint density at radius 2 is 1.84 bits per heavy atom. The molecule has 1 aromatic heterocycles. The van der Waals surface area contributed by atoms with Crippen LogP contribution < -0.4 is 15.0 Å². The molecular weight excluding hydrogens is 404 g/mol. The molecule has 2 fully saturated rings. The van der Waals surface area contributed by atoms with Gasteiger partial charge in [-0.3, -0.25) is 9.47 Å². The summed E-state index contributed by atoms with van der Waals surface area (Å²) in [5.41, 5.74) is 2.80. The number of anilines is 1. The summed E-state index contributed by atoms with van der Waals surface area (Å²) in [4.78, 5) is 24.7. The summed E-state index contributed by atoms with van der Waals surface area (Å²) in [6.07, 6.45) is 1.61. The highest BCUT2D eigenvalue weighted by Gasteiger charge is 2.31. The lowest BCUT2D eigenvalue weighted by Gasteiger charge is -2.47. The van der Waals surface area contributed by atoms with Crippen LogP contribution in [0.2, 0.25) is 0 Å². The Kier molecular flexibility index (Phi) is 5.96. The van der Waals surface area contributed by atoms with Gasteiger partial charge in [0.25, 0.3) is 0 Å². The molecule has 1 amide bonds. The summed E-state index contributed by atoms with van der Waals surface area (Å²) in [5.74, 6) is 0.795. The third-order valence-electron chi connectivity index (χ3n) is 6.38. The van der Waals surface area contributed by atoms with E-state index in [0.717, 1.165) is 48.6 Å². The molecule has 0 unspecified atom stereocenters. The van der Waals surface area contributed by atoms with Gasteiger partial charge in [0, 0.05) is 45.3 Å². The normalized spacial score (nSPS) is 18.0. The van der Waals surface area contributed by atoms with Crippen molar-refractivity contribution in [1.29, 1.82) is 0 Å². The van der Waals surface area contributed by atoms with Crippen LogP contribution in [0.3, 0.4) is 0 Å². The second-order valence-corrected chi connectivity index (χ2v) is 8.55. The van der Waals surface area contributed by atoms with Crippen molar-refractivity contribution >= 4 is 22.8 Å². The predicted molar refractivity (Wildman–Crippen MR) is 126 cm³/mol. The Labute approximate surface area is 188 Å². The van der Waals surface area contributed by atoms with Crippen molar-refractivity contribution in [2.75, 3.05) is 64.4 Å². The standard InChI is InChI=1S/C24H30N6O2/c1-27-16-19(17-27)28-11-13-29(14-12-28)21-8-5-9-22-23(21)26-18-30(22)24(31)25-10-15-32-20-6-3-2-4-7-20/h2-9,18-19H,10-17H2,1H3,(H,25,31). The first-order valence-electron chi connectivity index (χ1n) is 11.3. The molecule has 2 aliphatic rings. The van der Waals surface area contributed by atoms with Gasteiger partial charge in [0.1, 0.15) is 24.2 Å². The first-order chi connectivity index (χ1) is 15.7. The van der Waals surface area contributed by atoms with E-state index in [4.69, 9.17) is 4.74 Å². The summed E-state index contributed by atoms with van der Waals surface area (Å²) >= 11 is 0. The molecule has 5 rings (SSSR count). The number of carbonyl (C=O) groups is 1. The lowest BCUT2D eigenvalue weighted by atomic mass is 10.1. The lowest BCUT2D eigenvalue weighted by Crippen LogP contribution is -2.62. The van der Waals surface area contributed by atoms with E-state index < -0.39 is 0 Å². The van der Waals surface area contributed by atoms with E-state index in [0.29, 0.717) is 19.2 Å². The Bertz CT molecular complexity index is 1050. The second kappa shape index (κ2) is 9.18. The van der Waals surface area contributed by atoms with Crippen molar-refractivity contribution in [2.45, 2.75) is 6.04 Å². The van der Waals surface area contributed by atoms with Gasteiger partial charge in [-0.1, -0.05) is 24.3 Å². The molecule has 0 atom stereocenters. The molecule has 32 heavy (non-hydrogen) atoms. The molecule has 8 nitrogen and oxygen atoms in total. The quantitative estimate of drug-likeness (QED) is 0.600. The molecule has 1 N–H and O–H groups in total. The maximum Gasteiger partial charge on any atom is 0.327 e. The number of nitrogens with one attached hydrogen (secondary N) is 1. The fourth-order valence-electron chi connectivity index (χ4n) is 4.59. The van der Waals surface area contributed by atoms with Crippen molar-refractivity contribution in [1.82, 2.24) is 24.7 Å². The van der Waals surface area contributed by atoms with Gasteiger partial charge >= 0.3 is 6.03 Å². The van der Waals surface area contributed by atoms with Crippen LogP contribution in [0.25, 0.3) is 11.0 Å².